The highest BCUT2D eigenvalue weighted by Crippen LogP contribution is 2.35. The summed E-state index contributed by atoms with van der Waals surface area (Å²) < 4.78 is 0. The molecule has 0 aliphatic heterocycles. The van der Waals surface area contributed by atoms with Crippen molar-refractivity contribution in [2.75, 3.05) is 25.2 Å². The number of hydrogen-bond donors (Lipinski definition) is 1. The summed E-state index contributed by atoms with van der Waals surface area (Å²) in [5, 5.41) is 9.64. The molecule has 1 atom stereocenters. The fourth-order valence-corrected chi connectivity index (χ4v) is 2.85. The SMILES string of the molecule is CSCCN(Cc1ccccc1)C(CO)C1CC1. The minimum absolute atomic E-state index is 0.298. The summed E-state index contributed by atoms with van der Waals surface area (Å²) in [6, 6.07) is 10.9. The van der Waals surface area contributed by atoms with E-state index in [0.29, 0.717) is 12.6 Å². The van der Waals surface area contributed by atoms with Gasteiger partial charge in [0.2, 0.25) is 0 Å². The first-order valence-electron chi connectivity index (χ1n) is 6.73. The topological polar surface area (TPSA) is 23.5 Å². The highest BCUT2D eigenvalue weighted by atomic mass is 32.2. The Hall–Kier alpha value is -0.510. The first kappa shape index (κ1) is 13.9. The molecule has 0 heterocycles. The molecule has 1 aromatic carbocycles. The number of benzene rings is 1. The zero-order chi connectivity index (χ0) is 12.8. The largest absolute Gasteiger partial charge is 0.395 e. The molecule has 1 fully saturated rings. The van der Waals surface area contributed by atoms with Crippen LogP contribution in [0.25, 0.3) is 0 Å². The molecule has 0 saturated heterocycles. The minimum atomic E-state index is 0.298. The second-order valence-electron chi connectivity index (χ2n) is 5.04. The van der Waals surface area contributed by atoms with Crippen LogP contribution in [0.15, 0.2) is 30.3 Å². The molecule has 0 bridgehead atoms. The van der Waals surface area contributed by atoms with E-state index < -0.39 is 0 Å². The summed E-state index contributed by atoms with van der Waals surface area (Å²) in [5.74, 6) is 1.86. The third kappa shape index (κ3) is 4.01. The first-order valence-corrected chi connectivity index (χ1v) is 8.12. The third-order valence-corrected chi connectivity index (χ3v) is 4.22. The molecule has 1 aromatic rings. The number of aliphatic hydroxyl groups excluding tert-OH is 1. The Morgan fingerprint density at radius 2 is 2.06 bits per heavy atom. The van der Waals surface area contributed by atoms with E-state index in [1.54, 1.807) is 0 Å². The number of hydrogen-bond acceptors (Lipinski definition) is 3. The van der Waals surface area contributed by atoms with Gasteiger partial charge in [-0.25, -0.2) is 0 Å². The molecule has 3 heteroatoms. The van der Waals surface area contributed by atoms with E-state index in [2.05, 4.69) is 41.5 Å². The molecule has 1 N–H and O–H groups in total. The van der Waals surface area contributed by atoms with Crippen LogP contribution in [0.4, 0.5) is 0 Å². The van der Waals surface area contributed by atoms with Gasteiger partial charge in [-0.3, -0.25) is 4.90 Å². The van der Waals surface area contributed by atoms with Crippen molar-refractivity contribution < 1.29 is 5.11 Å². The Morgan fingerprint density at radius 1 is 1.33 bits per heavy atom. The highest BCUT2D eigenvalue weighted by molar-refractivity contribution is 7.98. The summed E-state index contributed by atoms with van der Waals surface area (Å²) in [7, 11) is 0. The van der Waals surface area contributed by atoms with Gasteiger partial charge in [-0.05, 0) is 30.6 Å². The molecule has 1 aliphatic rings. The van der Waals surface area contributed by atoms with Gasteiger partial charge in [0.1, 0.15) is 0 Å². The van der Waals surface area contributed by atoms with Crippen LogP contribution in [0.1, 0.15) is 18.4 Å². The van der Waals surface area contributed by atoms with E-state index in [1.165, 1.54) is 18.4 Å². The molecule has 1 unspecified atom stereocenters. The van der Waals surface area contributed by atoms with Gasteiger partial charge >= 0.3 is 0 Å². The summed E-state index contributed by atoms with van der Waals surface area (Å²) in [6.07, 6.45) is 4.72. The lowest BCUT2D eigenvalue weighted by Crippen LogP contribution is -2.40. The van der Waals surface area contributed by atoms with Gasteiger partial charge < -0.3 is 5.11 Å². The van der Waals surface area contributed by atoms with Gasteiger partial charge in [0.05, 0.1) is 6.61 Å². The summed E-state index contributed by atoms with van der Waals surface area (Å²) in [5.41, 5.74) is 1.35. The smallest absolute Gasteiger partial charge is 0.0589 e. The lowest BCUT2D eigenvalue weighted by Gasteiger charge is -2.30. The van der Waals surface area contributed by atoms with Crippen molar-refractivity contribution in [1.29, 1.82) is 0 Å². The van der Waals surface area contributed by atoms with Crippen molar-refractivity contribution in [3.8, 4) is 0 Å². The van der Waals surface area contributed by atoms with Gasteiger partial charge in [0, 0.05) is 24.9 Å². The molecule has 0 amide bonds. The third-order valence-electron chi connectivity index (χ3n) is 3.63. The molecule has 1 aliphatic carbocycles. The van der Waals surface area contributed by atoms with Crippen LogP contribution in [0, 0.1) is 5.92 Å². The van der Waals surface area contributed by atoms with Gasteiger partial charge in [-0.1, -0.05) is 30.3 Å². The number of aliphatic hydroxyl groups is 1. The van der Waals surface area contributed by atoms with Crippen molar-refractivity contribution in [3.63, 3.8) is 0 Å². The van der Waals surface area contributed by atoms with Crippen LogP contribution >= 0.6 is 11.8 Å². The molecule has 1 saturated carbocycles. The number of thioether (sulfide) groups is 1. The molecule has 2 nitrogen and oxygen atoms in total. The fraction of sp³-hybridized carbons (Fsp3) is 0.600. The molecule has 18 heavy (non-hydrogen) atoms. The van der Waals surface area contributed by atoms with E-state index in [-0.39, 0.29) is 0 Å². The normalized spacial score (nSPS) is 17.1. The molecule has 100 valence electrons. The van der Waals surface area contributed by atoms with E-state index >= 15 is 0 Å². The van der Waals surface area contributed by atoms with Gasteiger partial charge in [0.15, 0.2) is 0 Å². The monoisotopic (exact) mass is 265 g/mol. The van der Waals surface area contributed by atoms with Crippen molar-refractivity contribution >= 4 is 11.8 Å². The average Bonchev–Trinajstić information content (AvgIpc) is 3.22. The van der Waals surface area contributed by atoms with Gasteiger partial charge in [0.25, 0.3) is 0 Å². The van der Waals surface area contributed by atoms with Crippen LogP contribution in [0.3, 0.4) is 0 Å². The Balaban J connectivity index is 1.99. The van der Waals surface area contributed by atoms with Gasteiger partial charge in [-0.2, -0.15) is 11.8 Å². The standard InChI is InChI=1S/C15H23NOS/c1-18-10-9-16(15(12-17)14-7-8-14)11-13-5-3-2-4-6-13/h2-6,14-15,17H,7-12H2,1H3. The predicted molar refractivity (Wildman–Crippen MR) is 78.8 cm³/mol. The summed E-state index contributed by atoms with van der Waals surface area (Å²) >= 11 is 1.88. The molecular weight excluding hydrogens is 242 g/mol. The zero-order valence-corrected chi connectivity index (χ0v) is 11.9. The van der Waals surface area contributed by atoms with E-state index in [1.807, 2.05) is 11.8 Å². The van der Waals surface area contributed by atoms with Crippen LogP contribution in [0.5, 0.6) is 0 Å². The maximum atomic E-state index is 9.64. The lowest BCUT2D eigenvalue weighted by molar-refractivity contribution is 0.107. The Labute approximate surface area is 114 Å². The van der Waals surface area contributed by atoms with Crippen LogP contribution in [-0.4, -0.2) is 41.2 Å². The maximum Gasteiger partial charge on any atom is 0.0589 e. The van der Waals surface area contributed by atoms with Gasteiger partial charge in [-0.15, -0.1) is 0 Å². The summed E-state index contributed by atoms with van der Waals surface area (Å²) in [4.78, 5) is 2.46. The maximum absolute atomic E-state index is 9.64. The minimum Gasteiger partial charge on any atom is -0.395 e. The second kappa shape index (κ2) is 7.17. The fourth-order valence-electron chi connectivity index (χ4n) is 2.43. The zero-order valence-electron chi connectivity index (χ0n) is 11.1. The molecule has 0 aromatic heterocycles. The highest BCUT2D eigenvalue weighted by Gasteiger charge is 2.34. The van der Waals surface area contributed by atoms with Crippen molar-refractivity contribution in [2.45, 2.75) is 25.4 Å². The van der Waals surface area contributed by atoms with E-state index in [4.69, 9.17) is 0 Å². The molecule has 0 radical (unpaired) electrons. The van der Waals surface area contributed by atoms with Crippen molar-refractivity contribution in [2.24, 2.45) is 5.92 Å². The number of rotatable bonds is 8. The summed E-state index contributed by atoms with van der Waals surface area (Å²) in [6.45, 7) is 2.33. The Kier molecular flexibility index (Phi) is 5.54. The first-order chi connectivity index (χ1) is 8.85. The van der Waals surface area contributed by atoms with E-state index in [9.17, 15) is 5.11 Å². The van der Waals surface area contributed by atoms with Crippen LogP contribution < -0.4 is 0 Å². The molecule has 0 spiro atoms. The number of nitrogens with zero attached hydrogens (tertiary/aromatic N) is 1. The van der Waals surface area contributed by atoms with Crippen molar-refractivity contribution in [3.05, 3.63) is 35.9 Å². The van der Waals surface area contributed by atoms with Crippen molar-refractivity contribution in [1.82, 2.24) is 4.90 Å². The molecule has 2 rings (SSSR count). The second-order valence-corrected chi connectivity index (χ2v) is 6.02. The lowest BCUT2D eigenvalue weighted by atomic mass is 10.1. The Bertz CT molecular complexity index is 340. The Morgan fingerprint density at radius 3 is 2.61 bits per heavy atom. The van der Waals surface area contributed by atoms with E-state index in [0.717, 1.165) is 24.8 Å². The predicted octanol–water partition coefficient (Wildman–Crippen LogP) is 2.62. The van der Waals surface area contributed by atoms with Crippen LogP contribution in [-0.2, 0) is 6.54 Å². The quantitative estimate of drug-likeness (QED) is 0.781. The average molecular weight is 265 g/mol. The molecular formula is C15H23NOS. The van der Waals surface area contributed by atoms with Crippen LogP contribution in [0.2, 0.25) is 0 Å².